The summed E-state index contributed by atoms with van der Waals surface area (Å²) in [5.41, 5.74) is 0. The number of nitrogens with one attached hydrogen (secondary N) is 1. The lowest BCUT2D eigenvalue weighted by Crippen LogP contribution is -2.36. The Balaban J connectivity index is 2.30. The second-order valence-corrected chi connectivity index (χ2v) is 3.63. The third kappa shape index (κ3) is 2.81. The highest BCUT2D eigenvalue weighted by Crippen LogP contribution is 2.21. The van der Waals surface area contributed by atoms with Crippen molar-refractivity contribution in [1.82, 2.24) is 5.32 Å². The highest BCUT2D eigenvalue weighted by Gasteiger charge is 2.21. The Morgan fingerprint density at radius 1 is 1.50 bits per heavy atom. The lowest BCUT2D eigenvalue weighted by atomic mass is 9.87. The monoisotopic (exact) mass is 171 g/mol. The molecule has 2 N–H and O–H groups in total. The first-order chi connectivity index (χ1) is 5.72. The molecule has 1 aliphatic heterocycles. The maximum Gasteiger partial charge on any atom is 0.303 e. The van der Waals surface area contributed by atoms with Crippen molar-refractivity contribution < 1.29 is 9.90 Å². The first-order valence-electron chi connectivity index (χ1n) is 4.64. The Morgan fingerprint density at radius 3 is 2.75 bits per heavy atom. The average Bonchev–Trinajstić information content (AvgIpc) is 2.03. The van der Waals surface area contributed by atoms with Crippen molar-refractivity contribution in [2.45, 2.75) is 26.2 Å². The molecule has 12 heavy (non-hydrogen) atoms. The molecule has 3 nitrogen and oxygen atoms in total. The van der Waals surface area contributed by atoms with E-state index in [-0.39, 0.29) is 0 Å². The second kappa shape index (κ2) is 4.45. The number of carboxylic acids is 1. The van der Waals surface area contributed by atoms with Crippen molar-refractivity contribution in [3.8, 4) is 0 Å². The third-order valence-electron chi connectivity index (χ3n) is 2.57. The SMILES string of the molecule is CC[C@H]1CNC[C@@H](CC(=O)O)C1. The normalized spacial score (nSPS) is 30.1. The van der Waals surface area contributed by atoms with Gasteiger partial charge in [-0.1, -0.05) is 13.3 Å². The molecule has 3 heteroatoms. The quantitative estimate of drug-likeness (QED) is 0.668. The summed E-state index contributed by atoms with van der Waals surface area (Å²) in [4.78, 5) is 10.4. The van der Waals surface area contributed by atoms with Crippen molar-refractivity contribution in [3.63, 3.8) is 0 Å². The van der Waals surface area contributed by atoms with E-state index in [4.69, 9.17) is 5.11 Å². The predicted octanol–water partition coefficient (Wildman–Crippen LogP) is 1.10. The molecular weight excluding hydrogens is 154 g/mol. The molecule has 0 radical (unpaired) electrons. The van der Waals surface area contributed by atoms with Crippen LogP contribution in [-0.4, -0.2) is 24.2 Å². The van der Waals surface area contributed by atoms with Gasteiger partial charge in [-0.15, -0.1) is 0 Å². The molecule has 1 saturated heterocycles. The third-order valence-corrected chi connectivity index (χ3v) is 2.57. The van der Waals surface area contributed by atoms with Crippen molar-refractivity contribution in [1.29, 1.82) is 0 Å². The molecule has 1 rings (SSSR count). The molecular formula is C9H17NO2. The smallest absolute Gasteiger partial charge is 0.303 e. The molecule has 1 heterocycles. The van der Waals surface area contributed by atoms with Gasteiger partial charge in [0.15, 0.2) is 0 Å². The summed E-state index contributed by atoms with van der Waals surface area (Å²) in [5.74, 6) is 0.364. The van der Waals surface area contributed by atoms with Crippen LogP contribution in [0.5, 0.6) is 0 Å². The van der Waals surface area contributed by atoms with Gasteiger partial charge in [-0.25, -0.2) is 0 Å². The number of piperidine rings is 1. The molecule has 0 unspecified atom stereocenters. The first-order valence-corrected chi connectivity index (χ1v) is 4.64. The lowest BCUT2D eigenvalue weighted by molar-refractivity contribution is -0.138. The van der Waals surface area contributed by atoms with Crippen LogP contribution in [0.2, 0.25) is 0 Å². The standard InChI is InChI=1S/C9H17NO2/c1-2-7-3-8(4-9(11)12)6-10-5-7/h7-8,10H,2-6H2,1H3,(H,11,12)/t7-,8-/m1/s1. The van der Waals surface area contributed by atoms with Crippen LogP contribution in [0, 0.1) is 11.8 Å². The molecule has 0 aromatic carbocycles. The number of carbonyl (C=O) groups is 1. The Labute approximate surface area is 73.2 Å². The summed E-state index contributed by atoms with van der Waals surface area (Å²) in [6.07, 6.45) is 2.56. The van der Waals surface area contributed by atoms with Crippen LogP contribution in [0.15, 0.2) is 0 Å². The van der Waals surface area contributed by atoms with E-state index in [2.05, 4.69) is 12.2 Å². The van der Waals surface area contributed by atoms with Gasteiger partial charge in [0, 0.05) is 6.42 Å². The van der Waals surface area contributed by atoms with Crippen LogP contribution in [0.3, 0.4) is 0 Å². The highest BCUT2D eigenvalue weighted by molar-refractivity contribution is 5.67. The fourth-order valence-electron chi connectivity index (χ4n) is 1.84. The van der Waals surface area contributed by atoms with Crippen LogP contribution in [0.4, 0.5) is 0 Å². The summed E-state index contributed by atoms with van der Waals surface area (Å²) in [6.45, 7) is 4.10. The largest absolute Gasteiger partial charge is 0.481 e. The number of carboxylic acid groups (broad SMARTS) is 1. The molecule has 0 bridgehead atoms. The van der Waals surface area contributed by atoms with E-state index in [0.29, 0.717) is 18.3 Å². The van der Waals surface area contributed by atoms with Crippen LogP contribution in [0.25, 0.3) is 0 Å². The van der Waals surface area contributed by atoms with Gasteiger partial charge >= 0.3 is 5.97 Å². The maximum absolute atomic E-state index is 10.4. The molecule has 0 aliphatic carbocycles. The molecule has 0 spiro atoms. The van der Waals surface area contributed by atoms with E-state index >= 15 is 0 Å². The van der Waals surface area contributed by atoms with E-state index in [1.165, 1.54) is 0 Å². The fourth-order valence-corrected chi connectivity index (χ4v) is 1.84. The molecule has 0 saturated carbocycles. The minimum atomic E-state index is -0.668. The van der Waals surface area contributed by atoms with Gasteiger partial charge in [-0.05, 0) is 31.3 Å². The molecule has 2 atom stereocenters. The second-order valence-electron chi connectivity index (χ2n) is 3.63. The Kier molecular flexibility index (Phi) is 3.53. The van der Waals surface area contributed by atoms with Crippen molar-refractivity contribution in [2.75, 3.05) is 13.1 Å². The van der Waals surface area contributed by atoms with E-state index in [9.17, 15) is 4.79 Å². The van der Waals surface area contributed by atoms with Crippen LogP contribution in [0.1, 0.15) is 26.2 Å². The molecule has 0 aromatic rings. The number of hydrogen-bond donors (Lipinski definition) is 2. The molecule has 70 valence electrons. The fraction of sp³-hybridized carbons (Fsp3) is 0.889. The van der Waals surface area contributed by atoms with Crippen LogP contribution >= 0.6 is 0 Å². The van der Waals surface area contributed by atoms with E-state index < -0.39 is 5.97 Å². The van der Waals surface area contributed by atoms with E-state index in [0.717, 1.165) is 25.9 Å². The minimum Gasteiger partial charge on any atom is -0.481 e. The zero-order chi connectivity index (χ0) is 8.97. The summed E-state index contributed by atoms with van der Waals surface area (Å²) < 4.78 is 0. The topological polar surface area (TPSA) is 49.3 Å². The number of aliphatic carboxylic acids is 1. The zero-order valence-electron chi connectivity index (χ0n) is 7.55. The van der Waals surface area contributed by atoms with Crippen molar-refractivity contribution in [2.24, 2.45) is 11.8 Å². The first kappa shape index (κ1) is 9.52. The Morgan fingerprint density at radius 2 is 2.17 bits per heavy atom. The average molecular weight is 171 g/mol. The van der Waals surface area contributed by atoms with Crippen molar-refractivity contribution >= 4 is 5.97 Å². The van der Waals surface area contributed by atoms with Gasteiger partial charge < -0.3 is 10.4 Å². The number of rotatable bonds is 3. The van der Waals surface area contributed by atoms with Gasteiger partial charge in [-0.2, -0.15) is 0 Å². The maximum atomic E-state index is 10.4. The molecule has 0 aromatic heterocycles. The molecule has 1 aliphatic rings. The highest BCUT2D eigenvalue weighted by atomic mass is 16.4. The molecule has 0 amide bonds. The summed E-state index contributed by atoms with van der Waals surface area (Å²) in [6, 6.07) is 0. The van der Waals surface area contributed by atoms with E-state index in [1.54, 1.807) is 0 Å². The lowest BCUT2D eigenvalue weighted by Gasteiger charge is -2.28. The number of hydrogen-bond acceptors (Lipinski definition) is 2. The Bertz CT molecular complexity index is 159. The van der Waals surface area contributed by atoms with Crippen LogP contribution < -0.4 is 5.32 Å². The van der Waals surface area contributed by atoms with Gasteiger partial charge in [0.2, 0.25) is 0 Å². The summed E-state index contributed by atoms with van der Waals surface area (Å²) in [5, 5.41) is 11.9. The van der Waals surface area contributed by atoms with Crippen LogP contribution in [-0.2, 0) is 4.79 Å². The van der Waals surface area contributed by atoms with Crippen molar-refractivity contribution in [3.05, 3.63) is 0 Å². The van der Waals surface area contributed by atoms with Gasteiger partial charge in [0.25, 0.3) is 0 Å². The predicted molar refractivity (Wildman–Crippen MR) is 47.0 cm³/mol. The summed E-state index contributed by atoms with van der Waals surface area (Å²) in [7, 11) is 0. The van der Waals surface area contributed by atoms with Gasteiger partial charge in [0.05, 0.1) is 0 Å². The molecule has 1 fully saturated rings. The zero-order valence-corrected chi connectivity index (χ0v) is 7.55. The minimum absolute atomic E-state index is 0.323. The van der Waals surface area contributed by atoms with Gasteiger partial charge in [0.1, 0.15) is 0 Å². The van der Waals surface area contributed by atoms with E-state index in [1.807, 2.05) is 0 Å². The summed E-state index contributed by atoms with van der Waals surface area (Å²) >= 11 is 0. The van der Waals surface area contributed by atoms with Gasteiger partial charge in [-0.3, -0.25) is 4.79 Å². The Hall–Kier alpha value is -0.570.